The quantitative estimate of drug-likeness (QED) is 0.519. The summed E-state index contributed by atoms with van der Waals surface area (Å²) in [6, 6.07) is 6.21. The Morgan fingerprint density at radius 2 is 2.10 bits per heavy atom. The zero-order valence-electron chi connectivity index (χ0n) is 10.6. The summed E-state index contributed by atoms with van der Waals surface area (Å²) in [6.45, 7) is -0.430. The number of hydrogen-bond donors (Lipinski definition) is 1. The van der Waals surface area contributed by atoms with Crippen molar-refractivity contribution in [2.75, 3.05) is 13.7 Å². The lowest BCUT2D eigenvalue weighted by molar-refractivity contribution is -0.143. The molecular weight excluding hydrogens is 284 g/mol. The first-order valence-electron chi connectivity index (χ1n) is 5.69. The van der Waals surface area contributed by atoms with Crippen molar-refractivity contribution in [2.24, 2.45) is 0 Å². The molecule has 1 aliphatic heterocycles. The van der Waals surface area contributed by atoms with Crippen LogP contribution in [0.1, 0.15) is 5.56 Å². The average molecular weight is 295 g/mol. The second-order valence-corrected chi connectivity index (χ2v) is 4.38. The van der Waals surface area contributed by atoms with Crippen molar-refractivity contribution in [2.45, 2.75) is 0 Å². The Kier molecular flexibility index (Phi) is 4.05. The number of benzene rings is 1. The van der Waals surface area contributed by atoms with Crippen molar-refractivity contribution >= 4 is 35.6 Å². The topological polar surface area (TPSA) is 75.7 Å². The van der Waals surface area contributed by atoms with Crippen LogP contribution < -0.4 is 5.32 Å². The van der Waals surface area contributed by atoms with Gasteiger partial charge >= 0.3 is 12.0 Å². The predicted molar refractivity (Wildman–Crippen MR) is 71.7 cm³/mol. The number of nitrogens with zero attached hydrogens (tertiary/aromatic N) is 1. The van der Waals surface area contributed by atoms with E-state index in [0.29, 0.717) is 10.6 Å². The summed E-state index contributed by atoms with van der Waals surface area (Å²) in [5.41, 5.74) is 0.657. The normalized spacial score (nSPS) is 16.5. The van der Waals surface area contributed by atoms with Crippen molar-refractivity contribution in [3.8, 4) is 0 Å². The zero-order valence-corrected chi connectivity index (χ0v) is 11.3. The van der Waals surface area contributed by atoms with Gasteiger partial charge in [0.25, 0.3) is 5.91 Å². The zero-order chi connectivity index (χ0) is 14.7. The molecule has 1 heterocycles. The number of imide groups is 1. The number of hydrogen-bond acceptors (Lipinski definition) is 4. The molecule has 2 rings (SSSR count). The van der Waals surface area contributed by atoms with E-state index in [9.17, 15) is 14.4 Å². The highest BCUT2D eigenvalue weighted by molar-refractivity contribution is 6.32. The third-order valence-electron chi connectivity index (χ3n) is 2.68. The van der Waals surface area contributed by atoms with Gasteiger partial charge < -0.3 is 10.1 Å². The van der Waals surface area contributed by atoms with Crippen LogP contribution in [0.5, 0.6) is 0 Å². The molecule has 0 aromatic heterocycles. The molecular formula is C13H11ClN2O4. The van der Waals surface area contributed by atoms with Crippen molar-refractivity contribution in [1.82, 2.24) is 10.2 Å². The molecule has 0 unspecified atom stereocenters. The van der Waals surface area contributed by atoms with Gasteiger partial charge in [0.1, 0.15) is 12.2 Å². The van der Waals surface area contributed by atoms with E-state index in [0.717, 1.165) is 4.90 Å². The molecule has 1 N–H and O–H groups in total. The number of rotatable bonds is 3. The van der Waals surface area contributed by atoms with Gasteiger partial charge in [-0.05, 0) is 17.7 Å². The minimum atomic E-state index is -0.674. The van der Waals surface area contributed by atoms with Crippen LogP contribution >= 0.6 is 11.6 Å². The van der Waals surface area contributed by atoms with Gasteiger partial charge in [0, 0.05) is 5.02 Å². The molecule has 0 radical (unpaired) electrons. The summed E-state index contributed by atoms with van der Waals surface area (Å²) < 4.78 is 4.43. The van der Waals surface area contributed by atoms with Gasteiger partial charge in [-0.3, -0.25) is 9.59 Å². The molecule has 0 atom stereocenters. The van der Waals surface area contributed by atoms with Gasteiger partial charge in [0.15, 0.2) is 0 Å². The summed E-state index contributed by atoms with van der Waals surface area (Å²) >= 11 is 5.97. The molecule has 7 heteroatoms. The van der Waals surface area contributed by atoms with Crippen LogP contribution in [-0.4, -0.2) is 36.5 Å². The van der Waals surface area contributed by atoms with E-state index in [2.05, 4.69) is 10.1 Å². The predicted octanol–water partition coefficient (Wildman–Crippen LogP) is 1.41. The second kappa shape index (κ2) is 5.75. The number of carbonyl (C=O) groups excluding carboxylic acids is 3. The molecule has 1 aliphatic rings. The Morgan fingerprint density at radius 3 is 2.75 bits per heavy atom. The molecule has 0 bridgehead atoms. The first-order valence-corrected chi connectivity index (χ1v) is 6.06. The molecule has 104 valence electrons. The highest BCUT2D eigenvalue weighted by Gasteiger charge is 2.35. The highest BCUT2D eigenvalue weighted by Crippen LogP contribution is 2.20. The number of amides is 3. The van der Waals surface area contributed by atoms with E-state index in [1.54, 1.807) is 24.3 Å². The Balaban J connectivity index is 2.24. The van der Waals surface area contributed by atoms with E-state index in [1.165, 1.54) is 13.2 Å². The van der Waals surface area contributed by atoms with E-state index in [-0.39, 0.29) is 5.70 Å². The van der Waals surface area contributed by atoms with Crippen LogP contribution in [0.4, 0.5) is 4.79 Å². The standard InChI is InChI=1S/C13H11ClN2O4/c1-20-11(17)7-16-12(18)10(15-13(16)19)6-8-4-2-3-5-9(8)14/h2-6H,7H2,1H3,(H,15,19)/b10-6+. The van der Waals surface area contributed by atoms with Crippen LogP contribution in [0, 0.1) is 0 Å². The molecule has 0 spiro atoms. The number of halogens is 1. The highest BCUT2D eigenvalue weighted by atomic mass is 35.5. The number of urea groups is 1. The summed E-state index contributed by atoms with van der Waals surface area (Å²) in [5.74, 6) is -1.27. The van der Waals surface area contributed by atoms with Crippen LogP contribution in [0.25, 0.3) is 6.08 Å². The molecule has 1 aromatic rings. The van der Waals surface area contributed by atoms with Crippen molar-refractivity contribution in [1.29, 1.82) is 0 Å². The van der Waals surface area contributed by atoms with E-state index >= 15 is 0 Å². The molecule has 6 nitrogen and oxygen atoms in total. The van der Waals surface area contributed by atoms with Gasteiger partial charge in [-0.2, -0.15) is 0 Å². The lowest BCUT2D eigenvalue weighted by Crippen LogP contribution is -2.36. The minimum absolute atomic E-state index is 0.0620. The fraction of sp³-hybridized carbons (Fsp3) is 0.154. The molecule has 3 amide bonds. The third kappa shape index (κ3) is 2.80. The summed E-state index contributed by atoms with van der Waals surface area (Å²) in [4.78, 5) is 35.6. The Morgan fingerprint density at radius 1 is 1.40 bits per heavy atom. The maximum atomic E-state index is 12.0. The SMILES string of the molecule is COC(=O)CN1C(=O)N/C(=C/c2ccccc2Cl)C1=O. The fourth-order valence-corrected chi connectivity index (χ4v) is 1.85. The van der Waals surface area contributed by atoms with Gasteiger partial charge in [-0.25, -0.2) is 9.69 Å². The van der Waals surface area contributed by atoms with Crippen LogP contribution in [0.3, 0.4) is 0 Å². The van der Waals surface area contributed by atoms with E-state index in [1.807, 2.05) is 0 Å². The number of nitrogens with one attached hydrogen (secondary N) is 1. The number of carbonyl (C=O) groups is 3. The van der Waals surface area contributed by atoms with E-state index < -0.39 is 24.5 Å². The van der Waals surface area contributed by atoms with Crippen LogP contribution in [0.15, 0.2) is 30.0 Å². The largest absolute Gasteiger partial charge is 0.468 e. The van der Waals surface area contributed by atoms with Crippen LogP contribution in [-0.2, 0) is 14.3 Å². The van der Waals surface area contributed by atoms with Crippen LogP contribution in [0.2, 0.25) is 5.02 Å². The van der Waals surface area contributed by atoms with Crippen molar-refractivity contribution in [3.63, 3.8) is 0 Å². The maximum Gasteiger partial charge on any atom is 0.329 e. The van der Waals surface area contributed by atoms with Crippen molar-refractivity contribution in [3.05, 3.63) is 40.5 Å². The van der Waals surface area contributed by atoms with E-state index in [4.69, 9.17) is 11.6 Å². The lowest BCUT2D eigenvalue weighted by Gasteiger charge is -2.09. The number of ether oxygens (including phenoxy) is 1. The number of methoxy groups -OCH3 is 1. The lowest BCUT2D eigenvalue weighted by atomic mass is 10.2. The second-order valence-electron chi connectivity index (χ2n) is 3.98. The average Bonchev–Trinajstić information content (AvgIpc) is 2.69. The first kappa shape index (κ1) is 14.1. The summed E-state index contributed by atoms with van der Waals surface area (Å²) in [6.07, 6.45) is 1.46. The van der Waals surface area contributed by atoms with Gasteiger partial charge in [-0.1, -0.05) is 29.8 Å². The first-order chi connectivity index (χ1) is 9.52. The Labute approximate surface area is 120 Å². The molecule has 1 fully saturated rings. The van der Waals surface area contributed by atoms with Gasteiger partial charge in [0.2, 0.25) is 0 Å². The summed E-state index contributed by atoms with van der Waals surface area (Å²) in [7, 11) is 1.18. The smallest absolute Gasteiger partial charge is 0.329 e. The Bertz CT molecular complexity index is 612. The minimum Gasteiger partial charge on any atom is -0.468 e. The molecule has 1 aromatic carbocycles. The molecule has 1 saturated heterocycles. The summed E-state index contributed by atoms with van der Waals surface area (Å²) in [5, 5.41) is 2.84. The van der Waals surface area contributed by atoms with Gasteiger partial charge in [0.05, 0.1) is 7.11 Å². The monoisotopic (exact) mass is 294 g/mol. The van der Waals surface area contributed by atoms with Crippen molar-refractivity contribution < 1.29 is 19.1 Å². The third-order valence-corrected chi connectivity index (χ3v) is 3.03. The number of esters is 1. The molecule has 0 saturated carbocycles. The van der Waals surface area contributed by atoms with Gasteiger partial charge in [-0.15, -0.1) is 0 Å². The molecule has 20 heavy (non-hydrogen) atoms. The fourth-order valence-electron chi connectivity index (χ4n) is 1.66. The Hall–Kier alpha value is -2.34. The molecule has 0 aliphatic carbocycles. The maximum absolute atomic E-state index is 12.0.